The van der Waals surface area contributed by atoms with Crippen LogP contribution < -0.4 is 5.73 Å². The van der Waals surface area contributed by atoms with E-state index < -0.39 is 23.6 Å². The Balaban J connectivity index is 1.84. The van der Waals surface area contributed by atoms with E-state index in [2.05, 4.69) is 15.0 Å². The molecule has 0 saturated carbocycles. The molecule has 0 saturated heterocycles. The van der Waals surface area contributed by atoms with Gasteiger partial charge in [-0.05, 0) is 54.4 Å². The molecule has 0 aliphatic heterocycles. The lowest BCUT2D eigenvalue weighted by molar-refractivity contribution is -0.141. The molecule has 0 spiro atoms. The molecule has 2 aromatic heterocycles. The molecule has 10 heteroatoms. The number of aryl methyl sites for hydroxylation is 1. The fourth-order valence-electron chi connectivity index (χ4n) is 3.42. The lowest BCUT2D eigenvalue weighted by Crippen LogP contribution is -2.11. The summed E-state index contributed by atoms with van der Waals surface area (Å²) in [6.07, 6.45) is -7.84. The first-order chi connectivity index (χ1) is 15.9. The van der Waals surface area contributed by atoms with Gasteiger partial charge in [-0.25, -0.2) is 15.0 Å². The van der Waals surface area contributed by atoms with E-state index in [0.717, 1.165) is 24.3 Å². The van der Waals surface area contributed by atoms with Crippen LogP contribution >= 0.6 is 0 Å². The molecular formula is C24H16F6N4. The quantitative estimate of drug-likeness (QED) is 0.332. The van der Waals surface area contributed by atoms with Crippen LogP contribution in [0, 0.1) is 6.92 Å². The van der Waals surface area contributed by atoms with Crippen LogP contribution in [0.4, 0.5) is 32.2 Å². The highest BCUT2D eigenvalue weighted by Crippen LogP contribution is 2.36. The monoisotopic (exact) mass is 474 g/mol. The second-order valence-electron chi connectivity index (χ2n) is 7.54. The summed E-state index contributed by atoms with van der Waals surface area (Å²) in [4.78, 5) is 11.9. The van der Waals surface area contributed by atoms with Gasteiger partial charge in [0.1, 0.15) is 11.5 Å². The van der Waals surface area contributed by atoms with E-state index in [4.69, 9.17) is 5.73 Å². The van der Waals surface area contributed by atoms with Crippen LogP contribution in [0.5, 0.6) is 0 Å². The Bertz CT molecular complexity index is 1350. The number of benzene rings is 2. The van der Waals surface area contributed by atoms with Crippen molar-refractivity contribution >= 4 is 5.82 Å². The molecule has 0 aliphatic carbocycles. The molecule has 4 nitrogen and oxygen atoms in total. The fraction of sp³-hybridized carbons (Fsp3) is 0.125. The molecule has 0 bridgehead atoms. The van der Waals surface area contributed by atoms with Crippen molar-refractivity contribution in [3.05, 3.63) is 83.7 Å². The second-order valence-corrected chi connectivity index (χ2v) is 7.54. The molecule has 4 rings (SSSR count). The van der Waals surface area contributed by atoms with E-state index in [1.807, 2.05) is 0 Å². The maximum absolute atomic E-state index is 13.6. The van der Waals surface area contributed by atoms with Crippen molar-refractivity contribution in [1.82, 2.24) is 15.0 Å². The number of pyridine rings is 1. The summed E-state index contributed by atoms with van der Waals surface area (Å²) < 4.78 is 80.1. The zero-order chi connectivity index (χ0) is 24.7. The minimum absolute atomic E-state index is 0.110. The third kappa shape index (κ3) is 4.85. The number of nitrogen functional groups attached to an aromatic ring is 1. The molecule has 34 heavy (non-hydrogen) atoms. The van der Waals surface area contributed by atoms with E-state index in [9.17, 15) is 26.3 Å². The maximum atomic E-state index is 13.6. The average molecular weight is 474 g/mol. The number of hydrogen-bond acceptors (Lipinski definition) is 4. The molecule has 174 valence electrons. The molecule has 0 atom stereocenters. The minimum atomic E-state index is -4.79. The smallest absolute Gasteiger partial charge is 0.384 e. The summed E-state index contributed by atoms with van der Waals surface area (Å²) >= 11 is 0. The van der Waals surface area contributed by atoms with Crippen molar-refractivity contribution in [3.63, 3.8) is 0 Å². The highest BCUT2D eigenvalue weighted by molar-refractivity contribution is 5.72. The van der Waals surface area contributed by atoms with Crippen LogP contribution in [0.1, 0.15) is 16.8 Å². The van der Waals surface area contributed by atoms with Gasteiger partial charge in [-0.2, -0.15) is 26.3 Å². The highest BCUT2D eigenvalue weighted by atomic mass is 19.4. The minimum Gasteiger partial charge on any atom is -0.384 e. The molecule has 2 heterocycles. The van der Waals surface area contributed by atoms with Crippen molar-refractivity contribution in [3.8, 4) is 33.8 Å². The number of nitrogens with two attached hydrogens (primary N) is 1. The number of anilines is 1. The van der Waals surface area contributed by atoms with Crippen molar-refractivity contribution in [2.45, 2.75) is 19.3 Å². The van der Waals surface area contributed by atoms with Gasteiger partial charge in [0.05, 0.1) is 11.3 Å². The predicted octanol–water partition coefficient (Wildman–Crippen LogP) is 6.80. The molecule has 0 unspecified atom stereocenters. The third-order valence-electron chi connectivity index (χ3n) is 5.08. The third-order valence-corrected chi connectivity index (χ3v) is 5.08. The van der Waals surface area contributed by atoms with E-state index in [0.29, 0.717) is 22.5 Å². The summed E-state index contributed by atoms with van der Waals surface area (Å²) in [5, 5.41) is 0. The Morgan fingerprint density at radius 1 is 0.706 bits per heavy atom. The number of aromatic nitrogens is 3. The molecule has 2 N–H and O–H groups in total. The molecule has 0 amide bonds. The van der Waals surface area contributed by atoms with Gasteiger partial charge >= 0.3 is 12.4 Å². The zero-order valence-corrected chi connectivity index (χ0v) is 17.5. The highest BCUT2D eigenvalue weighted by Gasteiger charge is 2.35. The van der Waals surface area contributed by atoms with Gasteiger partial charge < -0.3 is 5.73 Å². The Morgan fingerprint density at radius 2 is 1.41 bits per heavy atom. The molecule has 4 aromatic rings. The fourth-order valence-corrected chi connectivity index (χ4v) is 3.42. The summed E-state index contributed by atoms with van der Waals surface area (Å²) in [6.45, 7) is 1.24. The van der Waals surface area contributed by atoms with Crippen LogP contribution in [0.2, 0.25) is 0 Å². The first kappa shape index (κ1) is 23.2. The SMILES string of the molecule is Cc1cc(-c2cc(C(F)(F)F)nc(-c3cccc(-c4ccc(N)nc4)c3)n2)ccc1C(F)(F)F. The number of nitrogens with zero attached hydrogens (tertiary/aromatic N) is 3. The van der Waals surface area contributed by atoms with E-state index in [1.54, 1.807) is 36.4 Å². The molecule has 0 aliphatic rings. The molecule has 0 fully saturated rings. The summed E-state index contributed by atoms with van der Waals surface area (Å²) in [5.41, 5.74) is 4.99. The average Bonchev–Trinajstić information content (AvgIpc) is 2.78. The standard InChI is InChI=1S/C24H16F6N4/c1-13-9-15(5-7-18(13)23(25,26)27)19-11-20(24(28,29)30)34-22(33-19)16-4-2-3-14(10-16)17-6-8-21(31)32-12-17/h2-12H,1H3,(H2,31,32). The second kappa shape index (κ2) is 8.44. The largest absolute Gasteiger partial charge is 0.433 e. The Kier molecular flexibility index (Phi) is 5.76. The summed E-state index contributed by atoms with van der Waals surface area (Å²) in [5.74, 6) is 0.102. The zero-order valence-electron chi connectivity index (χ0n) is 17.5. The van der Waals surface area contributed by atoms with Gasteiger partial charge in [-0.1, -0.05) is 24.3 Å². The molecule has 0 radical (unpaired) electrons. The van der Waals surface area contributed by atoms with Crippen LogP contribution in [-0.4, -0.2) is 15.0 Å². The number of alkyl halides is 6. The van der Waals surface area contributed by atoms with Crippen molar-refractivity contribution in [1.29, 1.82) is 0 Å². The van der Waals surface area contributed by atoms with Crippen LogP contribution in [-0.2, 0) is 12.4 Å². The summed E-state index contributed by atoms with van der Waals surface area (Å²) in [7, 11) is 0. The first-order valence-electron chi connectivity index (χ1n) is 9.88. The Morgan fingerprint density at radius 3 is 2.03 bits per heavy atom. The van der Waals surface area contributed by atoms with Crippen LogP contribution in [0.25, 0.3) is 33.8 Å². The van der Waals surface area contributed by atoms with Gasteiger partial charge in [0.25, 0.3) is 0 Å². The first-order valence-corrected chi connectivity index (χ1v) is 9.88. The van der Waals surface area contributed by atoms with Crippen LogP contribution in [0.3, 0.4) is 0 Å². The van der Waals surface area contributed by atoms with Gasteiger partial charge in [0.15, 0.2) is 5.82 Å². The Hall–Kier alpha value is -3.95. The van der Waals surface area contributed by atoms with Gasteiger partial charge in [-0.15, -0.1) is 0 Å². The number of hydrogen-bond donors (Lipinski definition) is 1. The van der Waals surface area contributed by atoms with Crippen LogP contribution in [0.15, 0.2) is 66.9 Å². The topological polar surface area (TPSA) is 64.7 Å². The number of halogens is 6. The van der Waals surface area contributed by atoms with Crippen molar-refractivity contribution < 1.29 is 26.3 Å². The van der Waals surface area contributed by atoms with E-state index in [1.165, 1.54) is 13.1 Å². The normalized spacial score (nSPS) is 12.1. The van der Waals surface area contributed by atoms with Crippen molar-refractivity contribution in [2.75, 3.05) is 5.73 Å². The van der Waals surface area contributed by atoms with Crippen molar-refractivity contribution in [2.24, 2.45) is 0 Å². The Labute approximate surface area is 190 Å². The molecule has 2 aromatic carbocycles. The predicted molar refractivity (Wildman–Crippen MR) is 115 cm³/mol. The lowest BCUT2D eigenvalue weighted by atomic mass is 10.0. The van der Waals surface area contributed by atoms with Gasteiger partial charge in [0.2, 0.25) is 0 Å². The maximum Gasteiger partial charge on any atom is 0.433 e. The number of rotatable bonds is 3. The lowest BCUT2D eigenvalue weighted by Gasteiger charge is -2.14. The van der Waals surface area contributed by atoms with E-state index in [-0.39, 0.29) is 22.6 Å². The van der Waals surface area contributed by atoms with E-state index >= 15 is 0 Å². The molecular weight excluding hydrogens is 458 g/mol. The summed E-state index contributed by atoms with van der Waals surface area (Å²) in [6, 6.07) is 13.6. The van der Waals surface area contributed by atoms with Gasteiger partial charge in [-0.3, -0.25) is 0 Å². The van der Waals surface area contributed by atoms with Gasteiger partial charge in [0, 0.05) is 22.9 Å².